The van der Waals surface area contributed by atoms with Crippen molar-refractivity contribution >= 4 is 10.9 Å². The normalized spacial score (nSPS) is 11.2. The number of hydrogen-bond acceptors (Lipinski definition) is 1. The Balaban J connectivity index is 1.96. The Kier molecular flexibility index (Phi) is 4.89. The first-order valence-corrected chi connectivity index (χ1v) is 8.62. The lowest BCUT2D eigenvalue weighted by Crippen LogP contribution is -2.01. The van der Waals surface area contributed by atoms with Crippen molar-refractivity contribution < 1.29 is 9.13 Å². The van der Waals surface area contributed by atoms with Gasteiger partial charge < -0.3 is 9.30 Å². The Hall–Kier alpha value is -2.29. The topological polar surface area (TPSA) is 14.2 Å². The maximum absolute atomic E-state index is 13.8. The van der Waals surface area contributed by atoms with Gasteiger partial charge in [0.05, 0.1) is 6.61 Å². The molecule has 3 rings (SSSR count). The van der Waals surface area contributed by atoms with E-state index in [2.05, 4.69) is 42.8 Å². The van der Waals surface area contributed by atoms with Gasteiger partial charge >= 0.3 is 0 Å². The number of ether oxygens (including phenoxy) is 1. The quantitative estimate of drug-likeness (QED) is 0.584. The fraction of sp³-hybridized carbons (Fsp3) is 0.333. The van der Waals surface area contributed by atoms with Crippen molar-refractivity contribution in [1.29, 1.82) is 0 Å². The van der Waals surface area contributed by atoms with Gasteiger partial charge in [0.15, 0.2) is 0 Å². The van der Waals surface area contributed by atoms with Crippen molar-refractivity contribution in [2.24, 2.45) is 0 Å². The van der Waals surface area contributed by atoms with Crippen LogP contribution in [0, 0.1) is 12.7 Å². The molecule has 1 aromatic heterocycles. The molecule has 0 saturated carbocycles. The second kappa shape index (κ2) is 7.08. The zero-order valence-corrected chi connectivity index (χ0v) is 14.6. The van der Waals surface area contributed by atoms with Crippen LogP contribution in [0.4, 0.5) is 4.39 Å². The minimum Gasteiger partial charge on any atom is -0.493 e. The minimum atomic E-state index is -0.145. The van der Waals surface area contributed by atoms with E-state index in [1.807, 2.05) is 12.1 Å². The summed E-state index contributed by atoms with van der Waals surface area (Å²) in [6.07, 6.45) is 4.01. The number of hydrogen-bond donors (Lipinski definition) is 0. The molecule has 0 fully saturated rings. The molecule has 0 aliphatic rings. The number of aryl methyl sites for hydroxylation is 2. The Labute approximate surface area is 142 Å². The van der Waals surface area contributed by atoms with E-state index in [0.717, 1.165) is 36.3 Å². The summed E-state index contributed by atoms with van der Waals surface area (Å²) >= 11 is 0. The lowest BCUT2D eigenvalue weighted by molar-refractivity contribution is 0.315. The van der Waals surface area contributed by atoms with Crippen LogP contribution in [0.15, 0.2) is 42.6 Å². The molecule has 3 aromatic rings. The van der Waals surface area contributed by atoms with E-state index in [-0.39, 0.29) is 5.82 Å². The third-order valence-electron chi connectivity index (χ3n) is 4.43. The molecule has 2 nitrogen and oxygen atoms in total. The highest BCUT2D eigenvalue weighted by Crippen LogP contribution is 2.30. The monoisotopic (exact) mass is 325 g/mol. The maximum Gasteiger partial charge on any atom is 0.126 e. The molecule has 1 heterocycles. The van der Waals surface area contributed by atoms with Gasteiger partial charge in [0.25, 0.3) is 0 Å². The van der Waals surface area contributed by atoms with Crippen molar-refractivity contribution in [2.75, 3.05) is 6.61 Å². The van der Waals surface area contributed by atoms with Crippen LogP contribution < -0.4 is 4.74 Å². The fourth-order valence-electron chi connectivity index (χ4n) is 3.09. The summed E-state index contributed by atoms with van der Waals surface area (Å²) in [7, 11) is 0. The summed E-state index contributed by atoms with van der Waals surface area (Å²) in [6.45, 7) is 7.46. The molecular formula is C21H24FNO. The third kappa shape index (κ3) is 3.16. The lowest BCUT2D eigenvalue weighted by atomic mass is 10.1. The number of aromatic nitrogens is 1. The van der Waals surface area contributed by atoms with Crippen LogP contribution in [0.5, 0.6) is 5.75 Å². The Morgan fingerprint density at radius 1 is 1.08 bits per heavy atom. The maximum atomic E-state index is 13.8. The molecule has 3 heteroatoms. The van der Waals surface area contributed by atoms with Crippen molar-refractivity contribution in [3.63, 3.8) is 0 Å². The Morgan fingerprint density at radius 2 is 1.92 bits per heavy atom. The summed E-state index contributed by atoms with van der Waals surface area (Å²) in [6, 6.07) is 11.7. The molecule has 0 saturated heterocycles. The zero-order chi connectivity index (χ0) is 17.1. The van der Waals surface area contributed by atoms with Crippen LogP contribution >= 0.6 is 0 Å². The predicted octanol–water partition coefficient (Wildman–Crippen LogP) is 5.49. The molecule has 0 aliphatic heterocycles. The van der Waals surface area contributed by atoms with E-state index in [4.69, 9.17) is 4.74 Å². The van der Waals surface area contributed by atoms with Gasteiger partial charge in [-0.3, -0.25) is 0 Å². The van der Waals surface area contributed by atoms with E-state index >= 15 is 0 Å². The van der Waals surface area contributed by atoms with Crippen molar-refractivity contribution in [3.05, 3.63) is 65.1 Å². The molecule has 126 valence electrons. The van der Waals surface area contributed by atoms with Crippen molar-refractivity contribution in [1.82, 2.24) is 4.57 Å². The second-order valence-electron chi connectivity index (χ2n) is 6.20. The highest BCUT2D eigenvalue weighted by molar-refractivity contribution is 5.86. The standard InChI is InChI=1S/C21H24FNO/c1-4-12-24-21-9-8-20-18(17(21)5-2)10-11-23(20)14-16-7-6-15(3)19(22)13-16/h6-11,13H,4-5,12,14H2,1-3H3. The van der Waals surface area contributed by atoms with Crippen LogP contribution in [0.25, 0.3) is 10.9 Å². The number of halogens is 1. The summed E-state index contributed by atoms with van der Waals surface area (Å²) in [5.41, 5.74) is 4.06. The molecule has 2 aromatic carbocycles. The SMILES string of the molecule is CCCOc1ccc2c(ccn2Cc2ccc(C)c(F)c2)c1CC. The zero-order valence-electron chi connectivity index (χ0n) is 14.6. The number of benzene rings is 2. The molecule has 0 amide bonds. The van der Waals surface area contributed by atoms with Gasteiger partial charge in [0.1, 0.15) is 11.6 Å². The van der Waals surface area contributed by atoms with Gasteiger partial charge in [-0.05, 0) is 55.2 Å². The van der Waals surface area contributed by atoms with Crippen LogP contribution in [0.2, 0.25) is 0 Å². The summed E-state index contributed by atoms with van der Waals surface area (Å²) in [5, 5.41) is 1.22. The Morgan fingerprint density at radius 3 is 2.62 bits per heavy atom. The van der Waals surface area contributed by atoms with E-state index < -0.39 is 0 Å². The fourth-order valence-corrected chi connectivity index (χ4v) is 3.09. The van der Waals surface area contributed by atoms with E-state index in [9.17, 15) is 4.39 Å². The molecule has 0 bridgehead atoms. The van der Waals surface area contributed by atoms with Gasteiger partial charge in [-0.25, -0.2) is 4.39 Å². The number of fused-ring (bicyclic) bond motifs is 1. The lowest BCUT2D eigenvalue weighted by Gasteiger charge is -2.12. The average molecular weight is 325 g/mol. The molecule has 0 atom stereocenters. The van der Waals surface area contributed by atoms with Gasteiger partial charge in [0, 0.05) is 29.2 Å². The van der Waals surface area contributed by atoms with Gasteiger partial charge in [-0.1, -0.05) is 26.0 Å². The first-order chi connectivity index (χ1) is 11.6. The largest absolute Gasteiger partial charge is 0.493 e. The summed E-state index contributed by atoms with van der Waals surface area (Å²) in [5.74, 6) is 0.833. The van der Waals surface area contributed by atoms with Crippen LogP contribution in [-0.4, -0.2) is 11.2 Å². The van der Waals surface area contributed by atoms with E-state index in [0.29, 0.717) is 12.1 Å². The van der Waals surface area contributed by atoms with E-state index in [1.165, 1.54) is 10.9 Å². The molecule has 0 spiro atoms. The third-order valence-corrected chi connectivity index (χ3v) is 4.43. The van der Waals surface area contributed by atoms with E-state index in [1.54, 1.807) is 13.0 Å². The molecule has 0 radical (unpaired) electrons. The molecule has 0 unspecified atom stereocenters. The van der Waals surface area contributed by atoms with Crippen LogP contribution in [0.1, 0.15) is 37.0 Å². The second-order valence-corrected chi connectivity index (χ2v) is 6.20. The first kappa shape index (κ1) is 16.6. The highest BCUT2D eigenvalue weighted by Gasteiger charge is 2.11. The molecule has 0 aliphatic carbocycles. The molecule has 24 heavy (non-hydrogen) atoms. The minimum absolute atomic E-state index is 0.145. The predicted molar refractivity (Wildman–Crippen MR) is 97.3 cm³/mol. The Bertz CT molecular complexity index is 850. The molecule has 0 N–H and O–H groups in total. The van der Waals surface area contributed by atoms with Gasteiger partial charge in [-0.2, -0.15) is 0 Å². The van der Waals surface area contributed by atoms with Crippen molar-refractivity contribution in [2.45, 2.75) is 40.2 Å². The van der Waals surface area contributed by atoms with Gasteiger partial charge in [-0.15, -0.1) is 0 Å². The highest BCUT2D eigenvalue weighted by atomic mass is 19.1. The summed E-state index contributed by atoms with van der Waals surface area (Å²) in [4.78, 5) is 0. The van der Waals surface area contributed by atoms with Crippen LogP contribution in [-0.2, 0) is 13.0 Å². The number of nitrogens with zero attached hydrogens (tertiary/aromatic N) is 1. The number of rotatable bonds is 6. The van der Waals surface area contributed by atoms with Crippen LogP contribution in [0.3, 0.4) is 0 Å². The smallest absolute Gasteiger partial charge is 0.126 e. The average Bonchev–Trinajstić information content (AvgIpc) is 2.98. The van der Waals surface area contributed by atoms with Gasteiger partial charge in [0.2, 0.25) is 0 Å². The molecular weight excluding hydrogens is 301 g/mol. The first-order valence-electron chi connectivity index (χ1n) is 8.62. The van der Waals surface area contributed by atoms with Crippen molar-refractivity contribution in [3.8, 4) is 5.75 Å². The summed E-state index contributed by atoms with van der Waals surface area (Å²) < 4.78 is 21.8.